The highest BCUT2D eigenvalue weighted by atomic mass is 32.1. The van der Waals surface area contributed by atoms with Crippen molar-refractivity contribution < 1.29 is 24.3 Å². The highest BCUT2D eigenvalue weighted by Crippen LogP contribution is 2.63. The van der Waals surface area contributed by atoms with E-state index in [2.05, 4.69) is 16.0 Å². The summed E-state index contributed by atoms with van der Waals surface area (Å²) in [4.78, 5) is 64.7. The van der Waals surface area contributed by atoms with Gasteiger partial charge < -0.3 is 14.9 Å². The van der Waals surface area contributed by atoms with Gasteiger partial charge in [-0.2, -0.15) is 5.26 Å². The maximum Gasteiger partial charge on any atom is 0.407 e. The molecule has 3 aromatic rings. The molecule has 1 saturated carbocycles. The largest absolute Gasteiger partial charge is 0.465 e. The van der Waals surface area contributed by atoms with Crippen LogP contribution in [0.1, 0.15) is 40.5 Å². The van der Waals surface area contributed by atoms with Crippen LogP contribution >= 0.6 is 11.3 Å². The molecule has 204 valence electrons. The maximum atomic E-state index is 13.8. The number of carbonyl (C=O) groups is 4. The lowest BCUT2D eigenvalue weighted by Gasteiger charge is -2.33. The number of imide groups is 1. The van der Waals surface area contributed by atoms with E-state index in [4.69, 9.17) is 0 Å². The molecular weight excluding hydrogens is 532 g/mol. The van der Waals surface area contributed by atoms with Crippen LogP contribution in [0.3, 0.4) is 0 Å². The third-order valence-electron chi connectivity index (χ3n) is 8.32. The maximum absolute atomic E-state index is 13.8. The van der Waals surface area contributed by atoms with Gasteiger partial charge in [-0.05, 0) is 30.5 Å². The fourth-order valence-electron chi connectivity index (χ4n) is 6.06. The minimum atomic E-state index is -1.02. The van der Waals surface area contributed by atoms with E-state index in [1.165, 1.54) is 21.1 Å². The van der Waals surface area contributed by atoms with Crippen LogP contribution in [0.5, 0.6) is 0 Å². The zero-order valence-electron chi connectivity index (χ0n) is 22.2. The van der Waals surface area contributed by atoms with Gasteiger partial charge in [-0.1, -0.05) is 13.8 Å². The quantitative estimate of drug-likeness (QED) is 0.481. The number of piperidine rings is 1. The minimum absolute atomic E-state index is 0.134. The summed E-state index contributed by atoms with van der Waals surface area (Å²) in [6, 6.07) is 7.29. The molecule has 12 heteroatoms. The first kappa shape index (κ1) is 25.9. The number of nitriles is 1. The number of nitrogens with zero attached hydrogens (tertiary/aromatic N) is 6. The van der Waals surface area contributed by atoms with Gasteiger partial charge in [0.1, 0.15) is 11.8 Å². The zero-order chi connectivity index (χ0) is 28.5. The van der Waals surface area contributed by atoms with Gasteiger partial charge in [0.15, 0.2) is 0 Å². The Kier molecular flexibility index (Phi) is 5.88. The average molecular weight is 559 g/mol. The number of fused-ring (bicyclic) bond motifs is 2. The lowest BCUT2D eigenvalue weighted by Crippen LogP contribution is -2.50. The Balaban J connectivity index is 1.36. The van der Waals surface area contributed by atoms with Crippen LogP contribution in [0.4, 0.5) is 4.79 Å². The van der Waals surface area contributed by atoms with Gasteiger partial charge in [-0.15, -0.1) is 11.3 Å². The molecule has 0 bridgehead atoms. The number of hydrogen-bond acceptors (Lipinski definition) is 8. The molecule has 40 heavy (non-hydrogen) atoms. The molecule has 3 aromatic heterocycles. The van der Waals surface area contributed by atoms with Gasteiger partial charge in [0.2, 0.25) is 11.8 Å². The molecule has 2 aliphatic heterocycles. The normalized spacial score (nSPS) is 21.5. The molecule has 0 radical (unpaired) electrons. The molecule has 1 N–H and O–H groups in total. The summed E-state index contributed by atoms with van der Waals surface area (Å²) in [7, 11) is 0. The van der Waals surface area contributed by atoms with Crippen molar-refractivity contribution >= 4 is 45.4 Å². The first-order valence-electron chi connectivity index (χ1n) is 12.9. The van der Waals surface area contributed by atoms with E-state index < -0.39 is 6.09 Å². The van der Waals surface area contributed by atoms with Crippen molar-refractivity contribution in [3.63, 3.8) is 0 Å². The van der Waals surface area contributed by atoms with Crippen molar-refractivity contribution in [1.29, 1.82) is 5.26 Å². The summed E-state index contributed by atoms with van der Waals surface area (Å²) in [5, 5.41) is 18.9. The van der Waals surface area contributed by atoms with E-state index in [0.717, 1.165) is 9.58 Å². The number of carbonyl (C=O) groups excluding carboxylic acids is 3. The molecule has 0 aromatic carbocycles. The Morgan fingerprint density at radius 2 is 1.75 bits per heavy atom. The number of amides is 4. The summed E-state index contributed by atoms with van der Waals surface area (Å²) in [5.74, 6) is -1.06. The van der Waals surface area contributed by atoms with E-state index in [9.17, 15) is 29.5 Å². The smallest absolute Gasteiger partial charge is 0.407 e. The van der Waals surface area contributed by atoms with E-state index in [-0.39, 0.29) is 73.4 Å². The topological polar surface area (TPSA) is 148 Å². The summed E-state index contributed by atoms with van der Waals surface area (Å²) < 4.78 is 0.765. The Morgan fingerprint density at radius 1 is 1.10 bits per heavy atom. The number of aromatic nitrogens is 2. The first-order chi connectivity index (χ1) is 19.0. The van der Waals surface area contributed by atoms with Crippen LogP contribution in [0.2, 0.25) is 0 Å². The fraction of sp³-hybridized carbons (Fsp3) is 0.393. The van der Waals surface area contributed by atoms with Crippen LogP contribution in [0.15, 0.2) is 24.4 Å². The number of thiophene rings is 1. The Labute approximate surface area is 233 Å². The van der Waals surface area contributed by atoms with E-state index in [0.29, 0.717) is 27.9 Å². The van der Waals surface area contributed by atoms with Gasteiger partial charge in [-0.3, -0.25) is 24.3 Å². The highest BCUT2D eigenvalue weighted by Gasteiger charge is 2.72. The number of pyridine rings is 2. The van der Waals surface area contributed by atoms with Crippen LogP contribution in [0, 0.1) is 35.5 Å². The number of aryl methyl sites for hydroxylation is 1. The molecule has 3 aliphatic rings. The van der Waals surface area contributed by atoms with Gasteiger partial charge in [-0.25, -0.2) is 9.78 Å². The van der Waals surface area contributed by atoms with E-state index in [1.54, 1.807) is 30.2 Å². The molecule has 0 spiro atoms. The van der Waals surface area contributed by atoms with Crippen molar-refractivity contribution in [1.82, 2.24) is 24.7 Å². The number of likely N-dealkylation sites (tertiary alicyclic amines) is 1. The second kappa shape index (κ2) is 9.09. The van der Waals surface area contributed by atoms with Crippen LogP contribution in [-0.2, 0) is 16.1 Å². The third-order valence-corrected chi connectivity index (χ3v) is 9.47. The summed E-state index contributed by atoms with van der Waals surface area (Å²) >= 11 is 1.40. The molecule has 1 aliphatic carbocycles. The van der Waals surface area contributed by atoms with Crippen LogP contribution in [0.25, 0.3) is 21.3 Å². The molecule has 3 fully saturated rings. The molecule has 5 heterocycles. The van der Waals surface area contributed by atoms with Gasteiger partial charge in [0, 0.05) is 48.4 Å². The second-order valence-electron chi connectivity index (χ2n) is 11.0. The van der Waals surface area contributed by atoms with Crippen molar-refractivity contribution in [2.45, 2.75) is 27.3 Å². The lowest BCUT2D eigenvalue weighted by atomic mass is 9.97. The van der Waals surface area contributed by atoms with Gasteiger partial charge in [0.25, 0.3) is 5.91 Å². The average Bonchev–Trinajstić information content (AvgIpc) is 3.17. The van der Waals surface area contributed by atoms with Crippen LogP contribution < -0.4 is 0 Å². The van der Waals surface area contributed by atoms with Gasteiger partial charge >= 0.3 is 6.09 Å². The highest BCUT2D eigenvalue weighted by molar-refractivity contribution is 7.19. The number of hydrogen-bond donors (Lipinski definition) is 1. The lowest BCUT2D eigenvalue weighted by molar-refractivity contribution is -0.143. The predicted octanol–water partition coefficient (Wildman–Crippen LogP) is 3.12. The molecule has 2 unspecified atom stereocenters. The third kappa shape index (κ3) is 3.92. The summed E-state index contributed by atoms with van der Waals surface area (Å²) in [6.45, 7) is 6.65. The molecule has 11 nitrogen and oxygen atoms in total. The summed E-state index contributed by atoms with van der Waals surface area (Å²) in [5.41, 5.74) is 2.51. The Bertz CT molecular complexity index is 1640. The SMILES string of the molecule is Cc1nc(C#N)cc(-c2ccnc3cc(CN4C(=O)C5C(C4=O)C5(C)C)sc23)c1C(=O)N1CCN(C(=O)O)CC1. The van der Waals surface area contributed by atoms with Crippen molar-refractivity contribution in [2.75, 3.05) is 26.2 Å². The second-order valence-corrected chi connectivity index (χ2v) is 12.2. The number of piperazine rings is 1. The fourth-order valence-corrected chi connectivity index (χ4v) is 7.19. The van der Waals surface area contributed by atoms with Crippen molar-refractivity contribution in [3.05, 3.63) is 46.2 Å². The van der Waals surface area contributed by atoms with Crippen molar-refractivity contribution in [2.24, 2.45) is 17.3 Å². The predicted molar refractivity (Wildman–Crippen MR) is 144 cm³/mol. The molecule has 4 amide bonds. The first-order valence-corrected chi connectivity index (χ1v) is 13.8. The zero-order valence-corrected chi connectivity index (χ0v) is 23.0. The monoisotopic (exact) mass is 558 g/mol. The number of carboxylic acid groups (broad SMARTS) is 1. The summed E-state index contributed by atoms with van der Waals surface area (Å²) in [6.07, 6.45) is 0.606. The van der Waals surface area contributed by atoms with Crippen molar-refractivity contribution in [3.8, 4) is 17.2 Å². The van der Waals surface area contributed by atoms with Crippen LogP contribution in [-0.4, -0.2) is 79.8 Å². The van der Waals surface area contributed by atoms with E-state index >= 15 is 0 Å². The van der Waals surface area contributed by atoms with Gasteiger partial charge in [0.05, 0.1) is 39.9 Å². The molecule has 6 rings (SSSR count). The standard InChI is InChI=1S/C28H26N6O5S/c1-14-20(24(35)32-6-8-33(9-7-32)27(38)39)18(10-15(12-29)31-14)17-4-5-30-19-11-16(40-23(17)19)13-34-25(36)21-22(26(34)37)28(21,2)3/h4-5,10-11,21-22H,6-9,13H2,1-3H3,(H,38,39). The van der Waals surface area contributed by atoms with E-state index in [1.807, 2.05) is 19.9 Å². The molecular formula is C28H26N6O5S. The molecule has 2 saturated heterocycles. The molecule has 2 atom stereocenters. The minimum Gasteiger partial charge on any atom is -0.465 e. The Morgan fingerprint density at radius 3 is 2.38 bits per heavy atom. The Hall–Kier alpha value is -4.37. The number of rotatable bonds is 4.